The van der Waals surface area contributed by atoms with E-state index in [0.29, 0.717) is 29.7 Å². The quantitative estimate of drug-likeness (QED) is 0.540. The molecular weight excluding hydrogens is 370 g/mol. The predicted molar refractivity (Wildman–Crippen MR) is 109 cm³/mol. The Morgan fingerprint density at radius 1 is 1.21 bits per heavy atom. The van der Waals surface area contributed by atoms with Gasteiger partial charge < -0.3 is 9.84 Å². The highest BCUT2D eigenvalue weighted by atomic mass is 16.5. The van der Waals surface area contributed by atoms with Gasteiger partial charge in [-0.3, -0.25) is 19.0 Å². The Labute approximate surface area is 167 Å². The van der Waals surface area contributed by atoms with Gasteiger partial charge in [-0.2, -0.15) is 5.10 Å². The van der Waals surface area contributed by atoms with Crippen molar-refractivity contribution in [2.45, 2.75) is 20.0 Å². The normalized spacial score (nSPS) is 11.1. The summed E-state index contributed by atoms with van der Waals surface area (Å²) in [6.07, 6.45) is 6.60. The van der Waals surface area contributed by atoms with Gasteiger partial charge in [0.05, 0.1) is 50.4 Å². The lowest BCUT2D eigenvalue weighted by atomic mass is 10.1. The van der Waals surface area contributed by atoms with Crippen molar-refractivity contribution in [2.24, 2.45) is 0 Å². The number of benzene rings is 1. The Morgan fingerprint density at radius 3 is 2.83 bits per heavy atom. The van der Waals surface area contributed by atoms with Gasteiger partial charge in [0.25, 0.3) is 5.56 Å². The van der Waals surface area contributed by atoms with Gasteiger partial charge in [0.2, 0.25) is 0 Å². The number of aliphatic hydroxyl groups excluding tert-OH is 1. The number of rotatable bonds is 6. The number of nitrogens with zero attached hydrogens (tertiary/aromatic N) is 5. The van der Waals surface area contributed by atoms with Crippen LogP contribution in [0, 0.1) is 6.92 Å². The minimum absolute atomic E-state index is 0.00216. The minimum Gasteiger partial charge on any atom is -0.497 e. The number of aryl methyl sites for hydroxylation is 1. The average Bonchev–Trinajstić information content (AvgIpc) is 3.19. The first-order valence-corrected chi connectivity index (χ1v) is 9.22. The molecule has 148 valence electrons. The van der Waals surface area contributed by atoms with Crippen LogP contribution < -0.4 is 10.3 Å². The van der Waals surface area contributed by atoms with Crippen LogP contribution in [-0.4, -0.2) is 43.1 Å². The van der Waals surface area contributed by atoms with Crippen LogP contribution in [0.3, 0.4) is 0 Å². The molecule has 0 saturated carbocycles. The molecular formula is C21H21N5O3. The maximum Gasteiger partial charge on any atom is 0.261 e. The molecule has 1 aromatic carbocycles. The summed E-state index contributed by atoms with van der Waals surface area (Å²) in [4.78, 5) is 22.0. The van der Waals surface area contributed by atoms with Crippen molar-refractivity contribution >= 4 is 10.9 Å². The van der Waals surface area contributed by atoms with Crippen molar-refractivity contribution in [1.29, 1.82) is 0 Å². The smallest absolute Gasteiger partial charge is 0.261 e. The van der Waals surface area contributed by atoms with E-state index in [1.54, 1.807) is 47.3 Å². The molecule has 0 fully saturated rings. The first-order valence-electron chi connectivity index (χ1n) is 9.22. The van der Waals surface area contributed by atoms with Gasteiger partial charge in [0.1, 0.15) is 11.3 Å². The minimum atomic E-state index is -0.128. The first-order chi connectivity index (χ1) is 14.1. The van der Waals surface area contributed by atoms with Gasteiger partial charge >= 0.3 is 0 Å². The fourth-order valence-corrected chi connectivity index (χ4v) is 3.28. The fourth-order valence-electron chi connectivity index (χ4n) is 3.28. The number of hydrogen-bond acceptors (Lipinski definition) is 6. The molecule has 0 amide bonds. The molecule has 0 aliphatic rings. The van der Waals surface area contributed by atoms with Gasteiger partial charge in [0, 0.05) is 18.0 Å². The zero-order valence-electron chi connectivity index (χ0n) is 16.2. The van der Waals surface area contributed by atoms with E-state index in [4.69, 9.17) is 9.84 Å². The number of aromatic nitrogens is 5. The van der Waals surface area contributed by atoms with Crippen molar-refractivity contribution in [3.05, 3.63) is 70.7 Å². The van der Waals surface area contributed by atoms with Crippen LogP contribution in [0.5, 0.6) is 5.75 Å². The van der Waals surface area contributed by atoms with Gasteiger partial charge in [-0.1, -0.05) is 6.07 Å². The lowest BCUT2D eigenvalue weighted by Gasteiger charge is -2.11. The van der Waals surface area contributed by atoms with Crippen LogP contribution >= 0.6 is 0 Å². The number of methoxy groups -OCH3 is 1. The van der Waals surface area contributed by atoms with Gasteiger partial charge in [-0.25, -0.2) is 4.98 Å². The molecule has 8 heteroatoms. The van der Waals surface area contributed by atoms with Crippen molar-refractivity contribution in [3.63, 3.8) is 0 Å². The number of aliphatic hydroxyl groups is 1. The van der Waals surface area contributed by atoms with E-state index in [1.165, 1.54) is 0 Å². The molecule has 0 aliphatic carbocycles. The molecule has 0 spiro atoms. The Kier molecular flexibility index (Phi) is 5.09. The highest BCUT2D eigenvalue weighted by molar-refractivity contribution is 5.90. The summed E-state index contributed by atoms with van der Waals surface area (Å²) < 4.78 is 8.47. The second kappa shape index (κ2) is 7.84. The second-order valence-electron chi connectivity index (χ2n) is 6.74. The van der Waals surface area contributed by atoms with Crippen molar-refractivity contribution in [1.82, 2.24) is 24.3 Å². The highest BCUT2D eigenvalue weighted by Gasteiger charge is 2.13. The fraction of sp³-hybridized carbons (Fsp3) is 0.238. The third-order valence-corrected chi connectivity index (χ3v) is 4.87. The molecule has 0 aliphatic heterocycles. The number of ether oxygens (including phenoxy) is 1. The molecule has 1 N–H and O–H groups in total. The van der Waals surface area contributed by atoms with Crippen LogP contribution in [0.25, 0.3) is 22.2 Å². The summed E-state index contributed by atoms with van der Waals surface area (Å²) in [7, 11) is 1.63. The van der Waals surface area contributed by atoms with E-state index in [0.717, 1.165) is 22.4 Å². The summed E-state index contributed by atoms with van der Waals surface area (Å²) in [5, 5.41) is 13.8. The van der Waals surface area contributed by atoms with E-state index < -0.39 is 0 Å². The monoisotopic (exact) mass is 391 g/mol. The zero-order valence-corrected chi connectivity index (χ0v) is 16.2. The predicted octanol–water partition coefficient (Wildman–Crippen LogP) is 2.01. The molecule has 29 heavy (non-hydrogen) atoms. The van der Waals surface area contributed by atoms with Crippen LogP contribution in [0.4, 0.5) is 0 Å². The summed E-state index contributed by atoms with van der Waals surface area (Å²) in [6.45, 7) is 2.80. The average molecular weight is 391 g/mol. The third kappa shape index (κ3) is 3.62. The molecule has 0 bridgehead atoms. The van der Waals surface area contributed by atoms with Crippen LogP contribution in [0.15, 0.2) is 54.0 Å². The highest BCUT2D eigenvalue weighted by Crippen LogP contribution is 2.23. The third-order valence-electron chi connectivity index (χ3n) is 4.87. The standard InChI is InChI=1S/C21H21N5O3/c1-14-9-17(29-2)4-3-15(14)11-25-13-23-20-18(21(25)28)5-6-22-19(20)16-10-24-26(12-16)7-8-27/h3-6,9-10,12-13,27H,7-8,11H2,1-2H3. The Bertz CT molecular complexity index is 1230. The molecule has 8 nitrogen and oxygen atoms in total. The van der Waals surface area contributed by atoms with E-state index in [1.807, 2.05) is 25.1 Å². The molecule has 4 rings (SSSR count). The molecule has 0 saturated heterocycles. The summed E-state index contributed by atoms with van der Waals surface area (Å²) in [5.74, 6) is 0.785. The van der Waals surface area contributed by atoms with E-state index >= 15 is 0 Å². The summed E-state index contributed by atoms with van der Waals surface area (Å²) in [6, 6.07) is 7.47. The largest absolute Gasteiger partial charge is 0.497 e. The number of pyridine rings is 1. The number of hydrogen-bond donors (Lipinski definition) is 1. The Hall–Kier alpha value is -3.52. The second-order valence-corrected chi connectivity index (χ2v) is 6.74. The first kappa shape index (κ1) is 18.8. The maximum absolute atomic E-state index is 13.1. The topological polar surface area (TPSA) is 95.1 Å². The van der Waals surface area contributed by atoms with Crippen LogP contribution in [-0.2, 0) is 13.1 Å². The lowest BCUT2D eigenvalue weighted by Crippen LogP contribution is -2.21. The summed E-state index contributed by atoms with van der Waals surface area (Å²) in [5.41, 5.74) is 3.81. The SMILES string of the molecule is COc1ccc(Cn2cnc3c(-c4cnn(CCO)c4)nccc3c2=O)c(C)c1. The Balaban J connectivity index is 1.74. The van der Waals surface area contributed by atoms with Gasteiger partial charge in [-0.15, -0.1) is 0 Å². The maximum atomic E-state index is 13.1. The van der Waals surface area contributed by atoms with Crippen LogP contribution in [0.2, 0.25) is 0 Å². The Morgan fingerprint density at radius 2 is 2.07 bits per heavy atom. The molecule has 4 aromatic rings. The van der Waals surface area contributed by atoms with Gasteiger partial charge in [-0.05, 0) is 36.2 Å². The van der Waals surface area contributed by atoms with E-state index in [9.17, 15) is 4.79 Å². The molecule has 0 atom stereocenters. The zero-order chi connectivity index (χ0) is 20.4. The van der Waals surface area contributed by atoms with Crippen LogP contribution in [0.1, 0.15) is 11.1 Å². The summed E-state index contributed by atoms with van der Waals surface area (Å²) >= 11 is 0. The van der Waals surface area contributed by atoms with E-state index in [2.05, 4.69) is 15.1 Å². The number of fused-ring (bicyclic) bond motifs is 1. The molecule has 0 radical (unpaired) electrons. The van der Waals surface area contributed by atoms with E-state index in [-0.39, 0.29) is 12.2 Å². The lowest BCUT2D eigenvalue weighted by molar-refractivity contribution is 0.269. The molecule has 0 unspecified atom stereocenters. The van der Waals surface area contributed by atoms with Gasteiger partial charge in [0.15, 0.2) is 0 Å². The molecule has 3 heterocycles. The van der Waals surface area contributed by atoms with Crippen molar-refractivity contribution < 1.29 is 9.84 Å². The van der Waals surface area contributed by atoms with Crippen molar-refractivity contribution in [2.75, 3.05) is 13.7 Å². The molecule has 3 aromatic heterocycles. The van der Waals surface area contributed by atoms with Crippen molar-refractivity contribution in [3.8, 4) is 17.0 Å².